The average molecular weight is 366 g/mol. The Hall–Kier alpha value is -1.52. The summed E-state index contributed by atoms with van der Waals surface area (Å²) in [7, 11) is 0. The van der Waals surface area contributed by atoms with E-state index in [0.717, 1.165) is 21.3 Å². The molecule has 0 spiro atoms. The third-order valence-electron chi connectivity index (χ3n) is 3.66. The number of benzene rings is 2. The van der Waals surface area contributed by atoms with E-state index in [4.69, 9.17) is 11.6 Å². The molecule has 0 radical (unpaired) electrons. The minimum absolute atomic E-state index is 0.0342. The minimum Gasteiger partial charge on any atom is -0.384 e. The fourth-order valence-electron chi connectivity index (χ4n) is 2.48. The Morgan fingerprint density at radius 2 is 2.14 bits per heavy atom. The summed E-state index contributed by atoms with van der Waals surface area (Å²) in [6.07, 6.45) is 0. The second kappa shape index (κ2) is 5.70. The molecule has 21 heavy (non-hydrogen) atoms. The first-order valence-corrected chi connectivity index (χ1v) is 7.82. The van der Waals surface area contributed by atoms with Gasteiger partial charge in [-0.05, 0) is 52.2 Å². The number of hydrogen-bond acceptors (Lipinski definition) is 2. The third-order valence-corrected chi connectivity index (χ3v) is 4.72. The molecule has 0 fully saturated rings. The van der Waals surface area contributed by atoms with E-state index < -0.39 is 0 Å². The van der Waals surface area contributed by atoms with E-state index in [0.29, 0.717) is 17.3 Å². The molecule has 1 aliphatic rings. The highest BCUT2D eigenvalue weighted by Gasteiger charge is 2.28. The van der Waals surface area contributed by atoms with Crippen LogP contribution >= 0.6 is 27.5 Å². The summed E-state index contributed by atoms with van der Waals surface area (Å²) in [6.45, 7) is 2.54. The molecule has 3 nitrogen and oxygen atoms in total. The second-order valence-corrected chi connectivity index (χ2v) is 6.35. The van der Waals surface area contributed by atoms with Crippen molar-refractivity contribution < 1.29 is 4.79 Å². The van der Waals surface area contributed by atoms with Gasteiger partial charge in [0.05, 0.1) is 11.6 Å². The summed E-state index contributed by atoms with van der Waals surface area (Å²) in [5, 5.41) is 6.84. The van der Waals surface area contributed by atoms with E-state index in [-0.39, 0.29) is 11.8 Å². The maximum atomic E-state index is 12.5. The lowest BCUT2D eigenvalue weighted by molar-refractivity contribution is -0.117. The largest absolute Gasteiger partial charge is 0.384 e. The van der Waals surface area contributed by atoms with Gasteiger partial charge < -0.3 is 10.6 Å². The molecule has 0 saturated carbocycles. The molecular formula is C16H14BrClN2O. The molecule has 0 aliphatic carbocycles. The Morgan fingerprint density at radius 1 is 1.38 bits per heavy atom. The number of para-hydroxylation sites is 1. The molecule has 1 aliphatic heterocycles. The Morgan fingerprint density at radius 3 is 2.95 bits per heavy atom. The van der Waals surface area contributed by atoms with E-state index in [1.165, 1.54) is 0 Å². The van der Waals surface area contributed by atoms with Crippen molar-refractivity contribution >= 4 is 44.8 Å². The number of anilines is 2. The standard InChI is InChI=1S/C16H14BrClN2O/c1-9-6-12(17)15(7-13(9)18)20-16(21)11-8-19-14-5-3-2-4-10(11)14/h2-7,11,19H,8H2,1H3,(H,20,21). The highest BCUT2D eigenvalue weighted by atomic mass is 79.9. The van der Waals surface area contributed by atoms with Gasteiger partial charge in [0.15, 0.2) is 0 Å². The Bertz CT molecular complexity index is 717. The summed E-state index contributed by atoms with van der Waals surface area (Å²) >= 11 is 9.59. The lowest BCUT2D eigenvalue weighted by atomic mass is 10.0. The fraction of sp³-hybridized carbons (Fsp3) is 0.188. The van der Waals surface area contributed by atoms with Gasteiger partial charge in [-0.1, -0.05) is 29.8 Å². The number of carbonyl (C=O) groups is 1. The fourth-order valence-corrected chi connectivity index (χ4v) is 3.20. The van der Waals surface area contributed by atoms with Crippen molar-refractivity contribution in [1.82, 2.24) is 0 Å². The molecule has 0 saturated heterocycles. The predicted molar refractivity (Wildman–Crippen MR) is 90.2 cm³/mol. The van der Waals surface area contributed by atoms with Crippen molar-refractivity contribution in [2.24, 2.45) is 0 Å². The van der Waals surface area contributed by atoms with Crippen LogP contribution in [0.5, 0.6) is 0 Å². The van der Waals surface area contributed by atoms with Crippen molar-refractivity contribution in [3.8, 4) is 0 Å². The number of fused-ring (bicyclic) bond motifs is 1. The normalized spacial score (nSPS) is 16.2. The molecule has 5 heteroatoms. The smallest absolute Gasteiger partial charge is 0.233 e. The zero-order valence-electron chi connectivity index (χ0n) is 11.4. The van der Waals surface area contributed by atoms with Crippen LogP contribution in [-0.2, 0) is 4.79 Å². The molecule has 108 valence electrons. The molecular weight excluding hydrogens is 352 g/mol. The molecule has 1 heterocycles. The van der Waals surface area contributed by atoms with Crippen LogP contribution in [0, 0.1) is 6.92 Å². The molecule has 2 aromatic rings. The maximum Gasteiger partial charge on any atom is 0.233 e. The Labute approximate surface area is 136 Å². The van der Waals surface area contributed by atoms with Gasteiger partial charge in [-0.2, -0.15) is 0 Å². The van der Waals surface area contributed by atoms with Crippen LogP contribution < -0.4 is 10.6 Å². The van der Waals surface area contributed by atoms with Crippen molar-refractivity contribution in [2.45, 2.75) is 12.8 Å². The molecule has 2 aromatic carbocycles. The molecule has 1 unspecified atom stereocenters. The van der Waals surface area contributed by atoms with Crippen molar-refractivity contribution in [3.05, 3.63) is 57.0 Å². The first-order valence-electron chi connectivity index (χ1n) is 6.65. The van der Waals surface area contributed by atoms with Crippen LogP contribution in [0.1, 0.15) is 17.0 Å². The van der Waals surface area contributed by atoms with E-state index in [9.17, 15) is 4.79 Å². The second-order valence-electron chi connectivity index (χ2n) is 5.09. The van der Waals surface area contributed by atoms with Crippen LogP contribution in [0.4, 0.5) is 11.4 Å². The van der Waals surface area contributed by atoms with Gasteiger partial charge in [0.2, 0.25) is 5.91 Å². The van der Waals surface area contributed by atoms with Gasteiger partial charge >= 0.3 is 0 Å². The number of rotatable bonds is 2. The monoisotopic (exact) mass is 364 g/mol. The number of amides is 1. The van der Waals surface area contributed by atoms with Crippen molar-refractivity contribution in [3.63, 3.8) is 0 Å². The summed E-state index contributed by atoms with van der Waals surface area (Å²) in [4.78, 5) is 12.5. The Kier molecular flexibility index (Phi) is 3.91. The minimum atomic E-state index is -0.187. The first kappa shape index (κ1) is 14.4. The van der Waals surface area contributed by atoms with E-state index in [1.54, 1.807) is 6.07 Å². The quantitative estimate of drug-likeness (QED) is 0.819. The van der Waals surface area contributed by atoms with Gasteiger partial charge in [-0.3, -0.25) is 4.79 Å². The molecule has 3 rings (SSSR count). The summed E-state index contributed by atoms with van der Waals surface area (Å²) in [6, 6.07) is 11.6. The van der Waals surface area contributed by atoms with E-state index in [2.05, 4.69) is 26.6 Å². The van der Waals surface area contributed by atoms with Crippen molar-refractivity contribution in [1.29, 1.82) is 0 Å². The van der Waals surface area contributed by atoms with Crippen LogP contribution in [0.15, 0.2) is 40.9 Å². The lowest BCUT2D eigenvalue weighted by Crippen LogP contribution is -2.22. The van der Waals surface area contributed by atoms with Gasteiger partial charge in [-0.15, -0.1) is 0 Å². The van der Waals surface area contributed by atoms with Crippen LogP contribution in [0.25, 0.3) is 0 Å². The number of carbonyl (C=O) groups excluding carboxylic acids is 1. The number of aryl methyl sites for hydroxylation is 1. The zero-order chi connectivity index (χ0) is 15.0. The molecule has 1 amide bonds. The first-order chi connectivity index (χ1) is 10.1. The van der Waals surface area contributed by atoms with Gasteiger partial charge in [0.1, 0.15) is 0 Å². The highest BCUT2D eigenvalue weighted by molar-refractivity contribution is 9.10. The topological polar surface area (TPSA) is 41.1 Å². The lowest BCUT2D eigenvalue weighted by Gasteiger charge is -2.13. The summed E-state index contributed by atoms with van der Waals surface area (Å²) in [5.74, 6) is -0.221. The van der Waals surface area contributed by atoms with E-state index >= 15 is 0 Å². The van der Waals surface area contributed by atoms with Gasteiger partial charge in [-0.25, -0.2) is 0 Å². The molecule has 1 atom stereocenters. The van der Waals surface area contributed by atoms with Crippen LogP contribution in [0.3, 0.4) is 0 Å². The van der Waals surface area contributed by atoms with E-state index in [1.807, 2.05) is 37.3 Å². The number of halogens is 2. The number of nitrogens with one attached hydrogen (secondary N) is 2. The Balaban J connectivity index is 1.84. The summed E-state index contributed by atoms with van der Waals surface area (Å²) < 4.78 is 0.831. The summed E-state index contributed by atoms with van der Waals surface area (Å²) in [5.41, 5.74) is 3.72. The van der Waals surface area contributed by atoms with Crippen molar-refractivity contribution in [2.75, 3.05) is 17.2 Å². The molecule has 0 bridgehead atoms. The van der Waals surface area contributed by atoms with Crippen LogP contribution in [-0.4, -0.2) is 12.5 Å². The zero-order valence-corrected chi connectivity index (χ0v) is 13.8. The average Bonchev–Trinajstić information content (AvgIpc) is 2.88. The third kappa shape index (κ3) is 2.78. The van der Waals surface area contributed by atoms with Gasteiger partial charge in [0.25, 0.3) is 0 Å². The SMILES string of the molecule is Cc1cc(Br)c(NC(=O)C2CNc3ccccc32)cc1Cl. The van der Waals surface area contributed by atoms with Crippen LogP contribution in [0.2, 0.25) is 5.02 Å². The molecule has 2 N–H and O–H groups in total. The molecule has 0 aromatic heterocycles. The highest BCUT2D eigenvalue weighted by Crippen LogP contribution is 2.34. The predicted octanol–water partition coefficient (Wildman–Crippen LogP) is 4.56. The van der Waals surface area contributed by atoms with Gasteiger partial charge in [0, 0.05) is 21.7 Å². The maximum absolute atomic E-state index is 12.5. The number of hydrogen-bond donors (Lipinski definition) is 2.